The quantitative estimate of drug-likeness (QED) is 0.730. The number of hydrogen-bond donors (Lipinski definition) is 0. The lowest BCUT2D eigenvalue weighted by Crippen LogP contribution is -2.05. The molecule has 1 aliphatic rings. The van der Waals surface area contributed by atoms with Crippen LogP contribution in [0.25, 0.3) is 16.7 Å². The van der Waals surface area contributed by atoms with Gasteiger partial charge >= 0.3 is 0 Å². The Morgan fingerprint density at radius 1 is 1.13 bits per heavy atom. The molecule has 0 unspecified atom stereocenters. The van der Waals surface area contributed by atoms with Crippen LogP contribution in [0.5, 0.6) is 5.75 Å². The van der Waals surface area contributed by atoms with E-state index < -0.39 is 0 Å². The Kier molecular flexibility index (Phi) is 4.99. The van der Waals surface area contributed by atoms with Gasteiger partial charge in [-0.25, -0.2) is 4.39 Å². The SMILES string of the molecule is COc1ccc(F)c(-c2ccc(CCl)cc2C2=CCOCC2)c1. The molecule has 120 valence electrons. The lowest BCUT2D eigenvalue weighted by molar-refractivity contribution is 0.161. The number of hydrogen-bond acceptors (Lipinski definition) is 2. The third-order valence-electron chi connectivity index (χ3n) is 4.01. The molecule has 3 rings (SSSR count). The number of ether oxygens (including phenoxy) is 2. The van der Waals surface area contributed by atoms with Crippen LogP contribution < -0.4 is 4.74 Å². The summed E-state index contributed by atoms with van der Waals surface area (Å²) >= 11 is 5.98. The van der Waals surface area contributed by atoms with Crippen molar-refractivity contribution in [3.8, 4) is 16.9 Å². The Hall–Kier alpha value is -1.84. The van der Waals surface area contributed by atoms with Gasteiger partial charge < -0.3 is 9.47 Å². The second-order valence-electron chi connectivity index (χ2n) is 5.41. The van der Waals surface area contributed by atoms with Gasteiger partial charge in [0, 0.05) is 11.4 Å². The predicted octanol–water partition coefficient (Wildman–Crippen LogP) is 5.04. The number of halogens is 2. The fourth-order valence-corrected chi connectivity index (χ4v) is 2.95. The van der Waals surface area contributed by atoms with E-state index in [1.807, 2.05) is 18.2 Å². The minimum Gasteiger partial charge on any atom is -0.497 e. The van der Waals surface area contributed by atoms with Crippen LogP contribution in [0.1, 0.15) is 17.5 Å². The van der Waals surface area contributed by atoms with E-state index in [1.165, 1.54) is 11.6 Å². The van der Waals surface area contributed by atoms with Crippen molar-refractivity contribution in [2.24, 2.45) is 0 Å². The van der Waals surface area contributed by atoms with Crippen LogP contribution in [0.2, 0.25) is 0 Å². The Morgan fingerprint density at radius 3 is 2.70 bits per heavy atom. The standard InChI is InChI=1S/C19H18ClFO2/c1-22-15-3-5-19(21)18(11-15)16-4-2-13(12-20)10-17(16)14-6-8-23-9-7-14/h2-6,10-11H,7-9,12H2,1H3. The van der Waals surface area contributed by atoms with Crippen LogP contribution in [0.3, 0.4) is 0 Å². The van der Waals surface area contributed by atoms with Gasteiger partial charge in [0.25, 0.3) is 0 Å². The molecule has 0 aromatic heterocycles. The van der Waals surface area contributed by atoms with E-state index in [1.54, 1.807) is 19.2 Å². The molecule has 4 heteroatoms. The summed E-state index contributed by atoms with van der Waals surface area (Å²) in [4.78, 5) is 0. The Bertz CT molecular complexity index is 740. The fraction of sp³-hybridized carbons (Fsp3) is 0.263. The van der Waals surface area contributed by atoms with E-state index in [4.69, 9.17) is 21.1 Å². The molecule has 1 heterocycles. The molecule has 0 fully saturated rings. The summed E-state index contributed by atoms with van der Waals surface area (Å²) in [6.45, 7) is 1.26. The van der Waals surface area contributed by atoms with Gasteiger partial charge in [0.1, 0.15) is 11.6 Å². The number of rotatable bonds is 4. The molecule has 0 spiro atoms. The minimum absolute atomic E-state index is 0.265. The normalized spacial score (nSPS) is 14.5. The van der Waals surface area contributed by atoms with Crippen LogP contribution in [0, 0.1) is 5.82 Å². The summed E-state index contributed by atoms with van der Waals surface area (Å²) in [7, 11) is 1.58. The molecule has 0 saturated heterocycles. The van der Waals surface area contributed by atoms with Gasteiger partial charge in [-0.05, 0) is 52.9 Å². The van der Waals surface area contributed by atoms with Crippen molar-refractivity contribution in [3.63, 3.8) is 0 Å². The monoisotopic (exact) mass is 332 g/mol. The number of alkyl halides is 1. The average Bonchev–Trinajstić information content (AvgIpc) is 2.62. The highest BCUT2D eigenvalue weighted by atomic mass is 35.5. The van der Waals surface area contributed by atoms with E-state index in [9.17, 15) is 4.39 Å². The van der Waals surface area contributed by atoms with Gasteiger partial charge in [-0.15, -0.1) is 11.6 Å². The van der Waals surface area contributed by atoms with Gasteiger partial charge in [0.05, 0.1) is 20.3 Å². The van der Waals surface area contributed by atoms with Crippen molar-refractivity contribution in [1.29, 1.82) is 0 Å². The molecule has 0 saturated carbocycles. The molecule has 2 aromatic rings. The first kappa shape index (κ1) is 16.0. The van der Waals surface area contributed by atoms with Gasteiger partial charge in [-0.1, -0.05) is 18.2 Å². The molecule has 0 atom stereocenters. The zero-order valence-corrected chi connectivity index (χ0v) is 13.7. The largest absolute Gasteiger partial charge is 0.497 e. The highest BCUT2D eigenvalue weighted by Crippen LogP contribution is 2.35. The lowest BCUT2D eigenvalue weighted by Gasteiger charge is -2.19. The summed E-state index contributed by atoms with van der Waals surface area (Å²) in [6, 6.07) is 10.7. The van der Waals surface area contributed by atoms with Crippen LogP contribution in [0.15, 0.2) is 42.5 Å². The van der Waals surface area contributed by atoms with E-state index >= 15 is 0 Å². The maximum Gasteiger partial charge on any atom is 0.131 e. The summed E-state index contributed by atoms with van der Waals surface area (Å²) in [5, 5.41) is 0. The van der Waals surface area contributed by atoms with Crippen molar-refractivity contribution in [2.45, 2.75) is 12.3 Å². The molecular formula is C19H18ClFO2. The van der Waals surface area contributed by atoms with Crippen LogP contribution in [0.4, 0.5) is 4.39 Å². The van der Waals surface area contributed by atoms with Crippen LogP contribution in [-0.2, 0) is 10.6 Å². The zero-order valence-electron chi connectivity index (χ0n) is 12.9. The van der Waals surface area contributed by atoms with E-state index in [-0.39, 0.29) is 5.82 Å². The molecule has 23 heavy (non-hydrogen) atoms. The maximum absolute atomic E-state index is 14.4. The Labute approximate surface area is 140 Å². The number of benzene rings is 2. The third-order valence-corrected chi connectivity index (χ3v) is 4.32. The van der Waals surface area contributed by atoms with Crippen molar-refractivity contribution in [3.05, 3.63) is 59.4 Å². The summed E-state index contributed by atoms with van der Waals surface area (Å²) < 4.78 is 25.0. The van der Waals surface area contributed by atoms with E-state index in [0.29, 0.717) is 30.4 Å². The highest BCUT2D eigenvalue weighted by molar-refractivity contribution is 6.17. The topological polar surface area (TPSA) is 18.5 Å². The van der Waals surface area contributed by atoms with Gasteiger partial charge in [-0.2, -0.15) is 0 Å². The summed E-state index contributed by atoms with van der Waals surface area (Å²) in [5.74, 6) is 0.797. The molecule has 2 aromatic carbocycles. The third kappa shape index (κ3) is 3.41. The molecule has 0 amide bonds. The zero-order chi connectivity index (χ0) is 16.2. The van der Waals surface area contributed by atoms with Crippen LogP contribution >= 0.6 is 11.6 Å². The van der Waals surface area contributed by atoms with Gasteiger partial charge in [-0.3, -0.25) is 0 Å². The van der Waals surface area contributed by atoms with Crippen molar-refractivity contribution >= 4 is 17.2 Å². The van der Waals surface area contributed by atoms with Gasteiger partial charge in [0.2, 0.25) is 0 Å². The molecule has 0 radical (unpaired) electrons. The average molecular weight is 333 g/mol. The van der Waals surface area contributed by atoms with Crippen molar-refractivity contribution in [1.82, 2.24) is 0 Å². The van der Waals surface area contributed by atoms with Crippen molar-refractivity contribution in [2.75, 3.05) is 20.3 Å². The molecular weight excluding hydrogens is 315 g/mol. The first-order valence-corrected chi connectivity index (χ1v) is 8.06. The Morgan fingerprint density at radius 2 is 2.00 bits per heavy atom. The van der Waals surface area contributed by atoms with Gasteiger partial charge in [0.15, 0.2) is 0 Å². The summed E-state index contributed by atoms with van der Waals surface area (Å²) in [6.07, 6.45) is 2.86. The molecule has 0 aliphatic carbocycles. The van der Waals surface area contributed by atoms with Crippen LogP contribution in [-0.4, -0.2) is 20.3 Å². The van der Waals surface area contributed by atoms with E-state index in [0.717, 1.165) is 23.1 Å². The first-order valence-electron chi connectivity index (χ1n) is 7.53. The smallest absolute Gasteiger partial charge is 0.131 e. The number of methoxy groups -OCH3 is 1. The molecule has 2 nitrogen and oxygen atoms in total. The molecule has 0 bridgehead atoms. The fourth-order valence-electron chi connectivity index (χ4n) is 2.78. The lowest BCUT2D eigenvalue weighted by atomic mass is 9.90. The predicted molar refractivity (Wildman–Crippen MR) is 91.4 cm³/mol. The second kappa shape index (κ2) is 7.16. The maximum atomic E-state index is 14.4. The highest BCUT2D eigenvalue weighted by Gasteiger charge is 2.16. The first-order chi connectivity index (χ1) is 11.2. The molecule has 1 aliphatic heterocycles. The van der Waals surface area contributed by atoms with E-state index in [2.05, 4.69) is 6.08 Å². The summed E-state index contributed by atoms with van der Waals surface area (Å²) in [5.41, 5.74) is 4.58. The Balaban J connectivity index is 2.17. The van der Waals surface area contributed by atoms with Crippen molar-refractivity contribution < 1.29 is 13.9 Å². The minimum atomic E-state index is -0.265. The second-order valence-corrected chi connectivity index (χ2v) is 5.68. The molecule has 0 N–H and O–H groups in total.